The molecule has 4 nitrogen and oxygen atoms in total. The minimum atomic E-state index is -0.738. The molecule has 134 valence electrons. The van der Waals surface area contributed by atoms with E-state index in [1.807, 2.05) is 42.5 Å². The highest BCUT2D eigenvalue weighted by molar-refractivity contribution is 5.66. The van der Waals surface area contributed by atoms with Gasteiger partial charge in [-0.05, 0) is 38.5 Å². The van der Waals surface area contributed by atoms with Crippen molar-refractivity contribution in [3.05, 3.63) is 60.8 Å². The second-order valence-electron chi connectivity index (χ2n) is 5.27. The summed E-state index contributed by atoms with van der Waals surface area (Å²) in [4.78, 5) is 14.7. The Morgan fingerprint density at radius 3 is 2.38 bits per heavy atom. The van der Waals surface area contributed by atoms with Gasteiger partial charge in [0.25, 0.3) is 0 Å². The number of unbranched alkanes of at least 4 members (excludes halogenated alkanes) is 1. The molecular formula is C20H30O4. The van der Waals surface area contributed by atoms with E-state index in [0.717, 1.165) is 25.7 Å². The summed E-state index contributed by atoms with van der Waals surface area (Å²) in [6.07, 6.45) is 24.7. The highest BCUT2D eigenvalue weighted by atomic mass is 17.1. The van der Waals surface area contributed by atoms with Crippen molar-refractivity contribution in [1.29, 1.82) is 0 Å². The second kappa shape index (κ2) is 17.4. The summed E-state index contributed by atoms with van der Waals surface area (Å²) >= 11 is 0. The monoisotopic (exact) mass is 334 g/mol. The highest BCUT2D eigenvalue weighted by Gasteiger charge is 1.99. The van der Waals surface area contributed by atoms with Crippen LogP contribution in [-0.2, 0) is 9.68 Å². The van der Waals surface area contributed by atoms with Gasteiger partial charge in [-0.1, -0.05) is 67.7 Å². The topological polar surface area (TPSA) is 66.8 Å². The zero-order valence-electron chi connectivity index (χ0n) is 14.5. The van der Waals surface area contributed by atoms with Crippen LogP contribution in [0.2, 0.25) is 0 Å². The number of aliphatic carboxylic acids is 1. The lowest BCUT2D eigenvalue weighted by Crippen LogP contribution is -2.04. The van der Waals surface area contributed by atoms with Crippen LogP contribution in [-0.4, -0.2) is 22.4 Å². The SMILES string of the molecule is CC/C=C\CC(/C=C/C=C\C/C=C\C/C=C\CCCC(=O)O)OO. The molecule has 0 spiro atoms. The van der Waals surface area contributed by atoms with E-state index in [4.69, 9.17) is 10.4 Å². The molecule has 0 radical (unpaired) electrons. The lowest BCUT2D eigenvalue weighted by atomic mass is 10.2. The van der Waals surface area contributed by atoms with Crippen molar-refractivity contribution in [2.45, 2.75) is 58.0 Å². The predicted octanol–water partition coefficient (Wildman–Crippen LogP) is 5.46. The Morgan fingerprint density at radius 2 is 1.71 bits per heavy atom. The highest BCUT2D eigenvalue weighted by Crippen LogP contribution is 2.02. The van der Waals surface area contributed by atoms with Crippen LogP contribution in [0.4, 0.5) is 0 Å². The number of rotatable bonds is 14. The number of allylic oxidation sites excluding steroid dienone is 8. The molecule has 0 amide bonds. The van der Waals surface area contributed by atoms with Crippen LogP contribution >= 0.6 is 0 Å². The lowest BCUT2D eigenvalue weighted by molar-refractivity contribution is -0.264. The van der Waals surface area contributed by atoms with Crippen molar-refractivity contribution in [3.8, 4) is 0 Å². The molecule has 24 heavy (non-hydrogen) atoms. The van der Waals surface area contributed by atoms with Crippen molar-refractivity contribution in [2.75, 3.05) is 0 Å². The van der Waals surface area contributed by atoms with Crippen molar-refractivity contribution >= 4 is 5.97 Å². The average Bonchev–Trinajstić information content (AvgIpc) is 2.57. The molecule has 0 aromatic heterocycles. The number of carboxylic acid groups (broad SMARTS) is 1. The van der Waals surface area contributed by atoms with Gasteiger partial charge in [0.2, 0.25) is 0 Å². The molecule has 0 saturated heterocycles. The molecule has 4 heteroatoms. The molecule has 2 N–H and O–H groups in total. The van der Waals surface area contributed by atoms with Gasteiger partial charge >= 0.3 is 5.97 Å². The average molecular weight is 334 g/mol. The maximum Gasteiger partial charge on any atom is 0.303 e. The van der Waals surface area contributed by atoms with Crippen LogP contribution in [0.15, 0.2) is 60.8 Å². The fourth-order valence-electron chi connectivity index (χ4n) is 1.83. The van der Waals surface area contributed by atoms with Gasteiger partial charge < -0.3 is 5.11 Å². The third-order valence-electron chi connectivity index (χ3n) is 3.12. The summed E-state index contributed by atoms with van der Waals surface area (Å²) in [5, 5.41) is 17.3. The van der Waals surface area contributed by atoms with E-state index < -0.39 is 5.97 Å². The fraction of sp³-hybridized carbons (Fsp3) is 0.450. The Labute approximate surface area is 145 Å². The molecule has 0 saturated carbocycles. The van der Waals surface area contributed by atoms with Crippen molar-refractivity contribution in [1.82, 2.24) is 0 Å². The number of hydrogen-bond donors (Lipinski definition) is 2. The third kappa shape index (κ3) is 16.5. The minimum Gasteiger partial charge on any atom is -0.481 e. The molecular weight excluding hydrogens is 304 g/mol. The van der Waals surface area contributed by atoms with Gasteiger partial charge in [0.1, 0.15) is 6.10 Å². The van der Waals surface area contributed by atoms with E-state index in [9.17, 15) is 4.79 Å². The van der Waals surface area contributed by atoms with Crippen LogP contribution < -0.4 is 0 Å². The summed E-state index contributed by atoms with van der Waals surface area (Å²) in [6, 6.07) is 0. The number of hydrogen-bond acceptors (Lipinski definition) is 3. The first-order chi connectivity index (χ1) is 11.7. The van der Waals surface area contributed by atoms with Gasteiger partial charge in [-0.15, -0.1) is 0 Å². The fourth-order valence-corrected chi connectivity index (χ4v) is 1.83. The normalized spacial score (nSPS) is 14.1. The van der Waals surface area contributed by atoms with Crippen molar-refractivity contribution in [2.24, 2.45) is 0 Å². The quantitative estimate of drug-likeness (QED) is 0.145. The maximum atomic E-state index is 10.3. The first-order valence-corrected chi connectivity index (χ1v) is 8.51. The zero-order valence-corrected chi connectivity index (χ0v) is 14.5. The molecule has 0 aliphatic heterocycles. The summed E-state index contributed by atoms with van der Waals surface area (Å²) in [5.74, 6) is -0.738. The van der Waals surface area contributed by atoms with Crippen molar-refractivity contribution < 1.29 is 20.0 Å². The van der Waals surface area contributed by atoms with Crippen LogP contribution in [0.1, 0.15) is 51.9 Å². The predicted molar refractivity (Wildman–Crippen MR) is 98.8 cm³/mol. The molecule has 1 unspecified atom stereocenters. The summed E-state index contributed by atoms with van der Waals surface area (Å²) in [6.45, 7) is 2.06. The molecule has 0 aromatic carbocycles. The molecule has 0 heterocycles. The second-order valence-corrected chi connectivity index (χ2v) is 5.27. The summed E-state index contributed by atoms with van der Waals surface area (Å²) < 4.78 is 0. The van der Waals surface area contributed by atoms with E-state index >= 15 is 0 Å². The standard InChI is InChI=1S/C20H30O4/c1-2-3-13-16-19(24-23)17-14-11-9-7-5-4-6-8-10-12-15-18-20(21)22/h3-5,8-11,13-14,17,19,23H,2,6-7,12,15-16,18H2,1H3,(H,21,22)/b5-4-,10-8-,11-9-,13-3-,17-14+. The number of carbonyl (C=O) groups is 1. The van der Waals surface area contributed by atoms with Gasteiger partial charge in [0.15, 0.2) is 0 Å². The minimum absolute atomic E-state index is 0.232. The first kappa shape index (κ1) is 22.1. The molecule has 1 atom stereocenters. The Morgan fingerprint density at radius 1 is 1.00 bits per heavy atom. The Balaban J connectivity index is 3.75. The van der Waals surface area contributed by atoms with E-state index in [2.05, 4.69) is 30.0 Å². The Kier molecular flexibility index (Phi) is 16.1. The van der Waals surface area contributed by atoms with Gasteiger partial charge in [-0.3, -0.25) is 10.1 Å². The van der Waals surface area contributed by atoms with Gasteiger partial charge in [-0.25, -0.2) is 4.89 Å². The molecule has 0 aliphatic carbocycles. The third-order valence-corrected chi connectivity index (χ3v) is 3.12. The Bertz CT molecular complexity index is 445. The van der Waals surface area contributed by atoms with Crippen molar-refractivity contribution in [3.63, 3.8) is 0 Å². The van der Waals surface area contributed by atoms with Crippen LogP contribution in [0.5, 0.6) is 0 Å². The molecule has 0 fully saturated rings. The van der Waals surface area contributed by atoms with E-state index in [0.29, 0.717) is 12.8 Å². The molecule has 0 aromatic rings. The van der Waals surface area contributed by atoms with Crippen LogP contribution in [0, 0.1) is 0 Å². The largest absolute Gasteiger partial charge is 0.481 e. The van der Waals surface area contributed by atoms with E-state index in [1.54, 1.807) is 0 Å². The van der Waals surface area contributed by atoms with E-state index in [-0.39, 0.29) is 12.5 Å². The van der Waals surface area contributed by atoms with Crippen LogP contribution in [0.25, 0.3) is 0 Å². The lowest BCUT2D eigenvalue weighted by Gasteiger charge is -2.03. The number of carboxylic acids is 1. The smallest absolute Gasteiger partial charge is 0.303 e. The van der Waals surface area contributed by atoms with Gasteiger partial charge in [-0.2, -0.15) is 0 Å². The molecule has 0 bridgehead atoms. The summed E-state index contributed by atoms with van der Waals surface area (Å²) in [5.41, 5.74) is 0. The molecule has 0 aliphatic rings. The van der Waals surface area contributed by atoms with Gasteiger partial charge in [0.05, 0.1) is 0 Å². The first-order valence-electron chi connectivity index (χ1n) is 8.51. The summed E-state index contributed by atoms with van der Waals surface area (Å²) in [7, 11) is 0. The van der Waals surface area contributed by atoms with Crippen LogP contribution in [0.3, 0.4) is 0 Å². The Hall–Kier alpha value is -1.91. The van der Waals surface area contributed by atoms with Gasteiger partial charge in [0, 0.05) is 6.42 Å². The maximum absolute atomic E-state index is 10.3. The van der Waals surface area contributed by atoms with E-state index in [1.165, 1.54) is 0 Å². The zero-order chi connectivity index (χ0) is 17.9. The molecule has 0 rings (SSSR count).